The van der Waals surface area contributed by atoms with Gasteiger partial charge in [0, 0.05) is 13.5 Å². The van der Waals surface area contributed by atoms with Crippen LogP contribution in [0.4, 0.5) is 0 Å². The van der Waals surface area contributed by atoms with E-state index in [0.717, 1.165) is 24.8 Å². The molecule has 0 bridgehead atoms. The summed E-state index contributed by atoms with van der Waals surface area (Å²) in [6.45, 7) is 3.83. The summed E-state index contributed by atoms with van der Waals surface area (Å²) < 4.78 is 11.3. The molecule has 0 saturated carbocycles. The lowest BCUT2D eigenvalue weighted by atomic mass is 10.0. The van der Waals surface area contributed by atoms with Gasteiger partial charge in [0.05, 0.1) is 18.8 Å². The van der Waals surface area contributed by atoms with Crippen molar-refractivity contribution in [2.75, 3.05) is 13.7 Å². The van der Waals surface area contributed by atoms with Gasteiger partial charge in [-0.05, 0) is 19.3 Å². The minimum Gasteiger partial charge on any atom is -0.392 e. The van der Waals surface area contributed by atoms with Gasteiger partial charge in [-0.3, -0.25) is 0 Å². The molecule has 1 heterocycles. The molecular formula is C15H22O3. The average Bonchev–Trinajstić information content (AvgIpc) is 2.39. The Morgan fingerprint density at radius 2 is 2.33 bits per heavy atom. The highest BCUT2D eigenvalue weighted by Gasteiger charge is 2.26. The summed E-state index contributed by atoms with van der Waals surface area (Å²) in [5.41, 5.74) is 0.857. The summed E-state index contributed by atoms with van der Waals surface area (Å²) in [5, 5.41) is 8.89. The Bertz CT molecular complexity index is 327. The maximum Gasteiger partial charge on any atom is 0.101 e. The first-order chi connectivity index (χ1) is 8.71. The van der Waals surface area contributed by atoms with Crippen LogP contribution in [0.2, 0.25) is 0 Å². The zero-order valence-corrected chi connectivity index (χ0v) is 11.0. The Kier molecular flexibility index (Phi) is 6.74. The molecular weight excluding hydrogens is 228 g/mol. The maximum absolute atomic E-state index is 8.89. The molecule has 100 valence electrons. The fraction of sp³-hybridized carbons (Fsp3) is 0.600. The number of hydrogen-bond donors (Lipinski definition) is 1. The van der Waals surface area contributed by atoms with Crippen LogP contribution in [0, 0.1) is 12.3 Å². The molecule has 1 N–H and O–H groups in total. The minimum absolute atomic E-state index is 0.00700. The normalized spacial score (nSPS) is 26.8. The summed E-state index contributed by atoms with van der Waals surface area (Å²) >= 11 is 0. The van der Waals surface area contributed by atoms with Crippen LogP contribution < -0.4 is 0 Å². The van der Waals surface area contributed by atoms with Crippen LogP contribution in [0.5, 0.6) is 0 Å². The third-order valence-corrected chi connectivity index (χ3v) is 3.07. The number of hydrogen-bond acceptors (Lipinski definition) is 3. The van der Waals surface area contributed by atoms with Crippen LogP contribution in [0.3, 0.4) is 0 Å². The van der Waals surface area contributed by atoms with E-state index in [1.807, 2.05) is 12.2 Å². The maximum atomic E-state index is 8.89. The van der Waals surface area contributed by atoms with Gasteiger partial charge in [-0.15, -0.1) is 12.3 Å². The van der Waals surface area contributed by atoms with E-state index in [-0.39, 0.29) is 24.9 Å². The highest BCUT2D eigenvalue weighted by molar-refractivity contribution is 5.06. The van der Waals surface area contributed by atoms with E-state index in [4.69, 9.17) is 21.0 Å². The Hall–Kier alpha value is -1.08. The van der Waals surface area contributed by atoms with E-state index in [9.17, 15) is 0 Å². The van der Waals surface area contributed by atoms with Gasteiger partial charge in [0.1, 0.15) is 6.10 Å². The van der Waals surface area contributed by atoms with Crippen molar-refractivity contribution in [1.29, 1.82) is 0 Å². The lowest BCUT2D eigenvalue weighted by Gasteiger charge is -2.31. The third kappa shape index (κ3) is 4.66. The zero-order chi connectivity index (χ0) is 13.4. The number of ether oxygens (including phenoxy) is 2. The molecule has 1 rings (SSSR count). The average molecular weight is 250 g/mol. The number of terminal acetylenes is 1. The quantitative estimate of drug-likeness (QED) is 0.555. The molecule has 18 heavy (non-hydrogen) atoms. The molecule has 0 spiro atoms. The van der Waals surface area contributed by atoms with E-state index < -0.39 is 0 Å². The molecule has 0 amide bonds. The zero-order valence-electron chi connectivity index (χ0n) is 11.0. The fourth-order valence-corrected chi connectivity index (χ4v) is 2.03. The molecule has 0 aromatic heterocycles. The Labute approximate surface area is 109 Å². The molecule has 0 saturated heterocycles. The lowest BCUT2D eigenvalue weighted by Crippen LogP contribution is -2.36. The summed E-state index contributed by atoms with van der Waals surface area (Å²) in [6.07, 6.45) is 12.5. The van der Waals surface area contributed by atoms with Crippen LogP contribution in [0.15, 0.2) is 24.3 Å². The predicted molar refractivity (Wildman–Crippen MR) is 72.1 cm³/mol. The minimum atomic E-state index is -0.0126. The van der Waals surface area contributed by atoms with E-state index in [2.05, 4.69) is 12.5 Å². The Morgan fingerprint density at radius 1 is 1.56 bits per heavy atom. The van der Waals surface area contributed by atoms with E-state index in [1.54, 1.807) is 7.11 Å². The van der Waals surface area contributed by atoms with E-state index in [0.29, 0.717) is 6.42 Å². The van der Waals surface area contributed by atoms with Crippen LogP contribution in [0.25, 0.3) is 0 Å². The van der Waals surface area contributed by atoms with Gasteiger partial charge in [0.15, 0.2) is 0 Å². The van der Waals surface area contributed by atoms with Gasteiger partial charge in [-0.2, -0.15) is 0 Å². The molecule has 0 aromatic carbocycles. The summed E-state index contributed by atoms with van der Waals surface area (Å²) in [5.74, 6) is 2.61. The van der Waals surface area contributed by atoms with Crippen molar-refractivity contribution in [1.82, 2.24) is 0 Å². The lowest BCUT2D eigenvalue weighted by molar-refractivity contribution is -0.0721. The van der Waals surface area contributed by atoms with Gasteiger partial charge >= 0.3 is 0 Å². The smallest absolute Gasteiger partial charge is 0.101 e. The molecule has 1 aliphatic heterocycles. The number of rotatable bonds is 7. The number of aliphatic hydroxyl groups is 1. The first-order valence-electron chi connectivity index (χ1n) is 6.28. The van der Waals surface area contributed by atoms with Crippen LogP contribution in [-0.2, 0) is 9.47 Å². The van der Waals surface area contributed by atoms with Crippen LogP contribution >= 0.6 is 0 Å². The van der Waals surface area contributed by atoms with Crippen molar-refractivity contribution in [3.8, 4) is 12.3 Å². The molecule has 3 nitrogen and oxygen atoms in total. The summed E-state index contributed by atoms with van der Waals surface area (Å²) in [4.78, 5) is 0. The predicted octanol–water partition coefficient (Wildman–Crippen LogP) is 2.07. The van der Waals surface area contributed by atoms with Crippen LogP contribution in [-0.4, -0.2) is 37.1 Å². The Balaban J connectivity index is 2.43. The van der Waals surface area contributed by atoms with Gasteiger partial charge < -0.3 is 14.6 Å². The first kappa shape index (κ1) is 15.0. The molecule has 3 atom stereocenters. The highest BCUT2D eigenvalue weighted by Crippen LogP contribution is 2.22. The number of aliphatic hydroxyl groups excluding tert-OH is 1. The van der Waals surface area contributed by atoms with Crippen molar-refractivity contribution in [2.24, 2.45) is 0 Å². The van der Waals surface area contributed by atoms with Gasteiger partial charge in [0.2, 0.25) is 0 Å². The highest BCUT2D eigenvalue weighted by atomic mass is 16.5. The molecule has 0 radical (unpaired) electrons. The summed E-state index contributed by atoms with van der Waals surface area (Å²) in [6, 6.07) is 0. The van der Waals surface area contributed by atoms with E-state index >= 15 is 0 Å². The standard InChI is InChI=1S/C15H22O3/c1-4-6-13-9-10-14(17-3)15(18-13)8-5-7-12(2)11-16/h1,9-10,13-16H,2,5-8,11H2,3H3. The van der Waals surface area contributed by atoms with Crippen molar-refractivity contribution < 1.29 is 14.6 Å². The largest absolute Gasteiger partial charge is 0.392 e. The second-order valence-electron chi connectivity index (χ2n) is 4.51. The van der Waals surface area contributed by atoms with Crippen molar-refractivity contribution in [3.05, 3.63) is 24.3 Å². The molecule has 3 heteroatoms. The molecule has 0 aromatic rings. The van der Waals surface area contributed by atoms with E-state index in [1.165, 1.54) is 0 Å². The SMILES string of the molecule is C#CCC1C=CC(OC)C(CCCC(=C)CO)O1. The Morgan fingerprint density at radius 3 is 2.94 bits per heavy atom. The molecule has 0 aliphatic carbocycles. The second kappa shape index (κ2) is 8.10. The fourth-order valence-electron chi connectivity index (χ4n) is 2.03. The number of methoxy groups -OCH3 is 1. The monoisotopic (exact) mass is 250 g/mol. The van der Waals surface area contributed by atoms with Crippen molar-refractivity contribution in [3.63, 3.8) is 0 Å². The van der Waals surface area contributed by atoms with Gasteiger partial charge in [0.25, 0.3) is 0 Å². The third-order valence-electron chi connectivity index (χ3n) is 3.07. The topological polar surface area (TPSA) is 38.7 Å². The molecule has 1 aliphatic rings. The van der Waals surface area contributed by atoms with Crippen molar-refractivity contribution >= 4 is 0 Å². The molecule has 3 unspecified atom stereocenters. The van der Waals surface area contributed by atoms with Crippen LogP contribution in [0.1, 0.15) is 25.7 Å². The molecule has 0 fully saturated rings. The van der Waals surface area contributed by atoms with Gasteiger partial charge in [-0.1, -0.05) is 24.3 Å². The first-order valence-corrected chi connectivity index (χ1v) is 6.28. The summed E-state index contributed by atoms with van der Waals surface area (Å²) in [7, 11) is 1.68. The van der Waals surface area contributed by atoms with Gasteiger partial charge in [-0.25, -0.2) is 0 Å². The van der Waals surface area contributed by atoms with Crippen molar-refractivity contribution in [2.45, 2.75) is 44.0 Å². The second-order valence-corrected chi connectivity index (χ2v) is 4.51.